The summed E-state index contributed by atoms with van der Waals surface area (Å²) in [6, 6.07) is 8.05. The zero-order valence-corrected chi connectivity index (χ0v) is 10.6. The smallest absolute Gasteiger partial charge is 0.231 e. The summed E-state index contributed by atoms with van der Waals surface area (Å²) in [5.74, 6) is 0.276. The first kappa shape index (κ1) is 11.8. The molecule has 1 N–H and O–H groups in total. The van der Waals surface area contributed by atoms with Gasteiger partial charge in [0.15, 0.2) is 0 Å². The Morgan fingerprint density at radius 1 is 1.16 bits per heavy atom. The number of carbonyl (C=O) groups is 1. The summed E-state index contributed by atoms with van der Waals surface area (Å²) in [6.45, 7) is 0. The van der Waals surface area contributed by atoms with Crippen LogP contribution in [-0.2, 0) is 24.1 Å². The fourth-order valence-electron chi connectivity index (χ4n) is 2.45. The van der Waals surface area contributed by atoms with Gasteiger partial charge in [-0.15, -0.1) is 0 Å². The number of benzene rings is 1. The van der Waals surface area contributed by atoms with Crippen molar-refractivity contribution in [2.45, 2.75) is 25.7 Å². The standard InChI is InChI=1S/C15H15N3O/c19-14(18-15-16-7-2-8-17-15)10-11-5-6-12-3-1-4-13(12)9-11/h2,5-9H,1,3-4,10H2,(H,16,17,18,19). The zero-order valence-electron chi connectivity index (χ0n) is 10.6. The Labute approximate surface area is 111 Å². The van der Waals surface area contributed by atoms with Crippen LogP contribution in [0.15, 0.2) is 36.7 Å². The molecule has 1 amide bonds. The van der Waals surface area contributed by atoms with E-state index in [0.717, 1.165) is 12.0 Å². The Balaban J connectivity index is 1.66. The summed E-state index contributed by atoms with van der Waals surface area (Å²) in [5.41, 5.74) is 3.87. The van der Waals surface area contributed by atoms with Crippen LogP contribution in [0.2, 0.25) is 0 Å². The van der Waals surface area contributed by atoms with Crippen LogP contribution in [0.3, 0.4) is 0 Å². The average molecular weight is 253 g/mol. The van der Waals surface area contributed by atoms with Crippen molar-refractivity contribution in [2.75, 3.05) is 5.32 Å². The molecule has 0 aliphatic heterocycles. The van der Waals surface area contributed by atoms with Crippen molar-refractivity contribution in [2.24, 2.45) is 0 Å². The number of hydrogen-bond donors (Lipinski definition) is 1. The molecule has 0 fully saturated rings. The normalized spacial score (nSPS) is 13.1. The third kappa shape index (κ3) is 2.78. The molecule has 4 nitrogen and oxygen atoms in total. The summed E-state index contributed by atoms with van der Waals surface area (Å²) >= 11 is 0. The Kier molecular flexibility index (Phi) is 3.23. The fourth-order valence-corrected chi connectivity index (χ4v) is 2.45. The molecular weight excluding hydrogens is 238 g/mol. The number of aromatic nitrogens is 2. The van der Waals surface area contributed by atoms with Gasteiger partial charge < -0.3 is 0 Å². The van der Waals surface area contributed by atoms with E-state index in [0.29, 0.717) is 12.4 Å². The Hall–Kier alpha value is -2.23. The van der Waals surface area contributed by atoms with Crippen molar-refractivity contribution >= 4 is 11.9 Å². The lowest BCUT2D eigenvalue weighted by Gasteiger charge is -2.05. The maximum atomic E-state index is 11.9. The molecule has 4 heteroatoms. The van der Waals surface area contributed by atoms with Gasteiger partial charge in [0, 0.05) is 12.4 Å². The van der Waals surface area contributed by atoms with Crippen LogP contribution in [0.5, 0.6) is 0 Å². The maximum absolute atomic E-state index is 11.9. The van der Waals surface area contributed by atoms with Crippen LogP contribution in [0.1, 0.15) is 23.1 Å². The van der Waals surface area contributed by atoms with Gasteiger partial charge in [0.25, 0.3) is 0 Å². The molecule has 1 aromatic heterocycles. The SMILES string of the molecule is O=C(Cc1ccc2c(c1)CCC2)Nc1ncccn1. The molecule has 2 aromatic rings. The number of hydrogen-bond acceptors (Lipinski definition) is 3. The van der Waals surface area contributed by atoms with Crippen LogP contribution in [-0.4, -0.2) is 15.9 Å². The molecule has 1 aromatic carbocycles. The molecule has 0 atom stereocenters. The Morgan fingerprint density at radius 3 is 2.79 bits per heavy atom. The van der Waals surface area contributed by atoms with Gasteiger partial charge in [0.1, 0.15) is 0 Å². The van der Waals surface area contributed by atoms with Gasteiger partial charge in [-0.2, -0.15) is 0 Å². The van der Waals surface area contributed by atoms with Gasteiger partial charge in [-0.3, -0.25) is 10.1 Å². The largest absolute Gasteiger partial charge is 0.294 e. The van der Waals surface area contributed by atoms with Crippen molar-refractivity contribution in [3.05, 3.63) is 53.3 Å². The number of nitrogens with zero attached hydrogens (tertiary/aromatic N) is 2. The lowest BCUT2D eigenvalue weighted by Crippen LogP contribution is -2.16. The highest BCUT2D eigenvalue weighted by Crippen LogP contribution is 2.23. The third-order valence-electron chi connectivity index (χ3n) is 3.34. The van der Waals surface area contributed by atoms with E-state index in [1.807, 2.05) is 6.07 Å². The van der Waals surface area contributed by atoms with Crippen LogP contribution >= 0.6 is 0 Å². The van der Waals surface area contributed by atoms with Crippen molar-refractivity contribution in [1.82, 2.24) is 9.97 Å². The second kappa shape index (κ2) is 5.18. The van der Waals surface area contributed by atoms with Crippen LogP contribution in [0.25, 0.3) is 0 Å². The van der Waals surface area contributed by atoms with Gasteiger partial charge in [-0.25, -0.2) is 9.97 Å². The minimum Gasteiger partial charge on any atom is -0.294 e. The van der Waals surface area contributed by atoms with Gasteiger partial charge >= 0.3 is 0 Å². The first-order valence-corrected chi connectivity index (χ1v) is 6.49. The monoisotopic (exact) mass is 253 g/mol. The molecule has 96 valence electrons. The number of aryl methyl sites for hydroxylation is 2. The van der Waals surface area contributed by atoms with Crippen LogP contribution in [0, 0.1) is 0 Å². The molecule has 1 heterocycles. The summed E-state index contributed by atoms with van der Waals surface area (Å²) in [5, 5.41) is 2.70. The van der Waals surface area contributed by atoms with E-state index < -0.39 is 0 Å². The predicted octanol–water partition coefficient (Wildman–Crippen LogP) is 2.15. The molecule has 3 rings (SSSR count). The number of rotatable bonds is 3. The highest BCUT2D eigenvalue weighted by molar-refractivity contribution is 5.90. The van der Waals surface area contributed by atoms with Crippen molar-refractivity contribution in [1.29, 1.82) is 0 Å². The van der Waals surface area contributed by atoms with Crippen molar-refractivity contribution in [3.63, 3.8) is 0 Å². The van der Waals surface area contributed by atoms with Gasteiger partial charge in [0.2, 0.25) is 11.9 Å². The van der Waals surface area contributed by atoms with E-state index in [-0.39, 0.29) is 5.91 Å². The third-order valence-corrected chi connectivity index (χ3v) is 3.34. The second-order valence-corrected chi connectivity index (χ2v) is 4.75. The van der Waals surface area contributed by atoms with Crippen LogP contribution in [0.4, 0.5) is 5.95 Å². The van der Waals surface area contributed by atoms with E-state index in [2.05, 4.69) is 27.4 Å². The summed E-state index contributed by atoms with van der Waals surface area (Å²) < 4.78 is 0. The number of nitrogens with one attached hydrogen (secondary N) is 1. The molecule has 0 unspecified atom stereocenters. The van der Waals surface area contributed by atoms with Crippen molar-refractivity contribution in [3.8, 4) is 0 Å². The van der Waals surface area contributed by atoms with Crippen LogP contribution < -0.4 is 5.32 Å². The number of carbonyl (C=O) groups excluding carboxylic acids is 1. The highest BCUT2D eigenvalue weighted by Gasteiger charge is 2.12. The van der Waals surface area contributed by atoms with E-state index in [1.54, 1.807) is 18.5 Å². The molecule has 19 heavy (non-hydrogen) atoms. The summed E-state index contributed by atoms with van der Waals surface area (Å²) in [7, 11) is 0. The minimum absolute atomic E-state index is 0.0795. The lowest BCUT2D eigenvalue weighted by atomic mass is 10.0. The average Bonchev–Trinajstić information content (AvgIpc) is 2.87. The molecular formula is C15H15N3O. The predicted molar refractivity (Wildman–Crippen MR) is 72.8 cm³/mol. The lowest BCUT2D eigenvalue weighted by molar-refractivity contribution is -0.115. The molecule has 0 radical (unpaired) electrons. The number of anilines is 1. The fraction of sp³-hybridized carbons (Fsp3) is 0.267. The van der Waals surface area contributed by atoms with Gasteiger partial charge in [0.05, 0.1) is 6.42 Å². The number of fused-ring (bicyclic) bond motifs is 1. The first-order valence-electron chi connectivity index (χ1n) is 6.49. The van der Waals surface area contributed by atoms with Gasteiger partial charge in [-0.05, 0) is 42.0 Å². The molecule has 1 aliphatic rings. The summed E-state index contributed by atoms with van der Waals surface area (Å²) in [6.07, 6.45) is 7.11. The van der Waals surface area contributed by atoms with Crippen molar-refractivity contribution < 1.29 is 4.79 Å². The Morgan fingerprint density at radius 2 is 1.95 bits per heavy atom. The van der Waals surface area contributed by atoms with Gasteiger partial charge in [-0.1, -0.05) is 18.2 Å². The number of amides is 1. The molecule has 0 spiro atoms. The molecule has 1 aliphatic carbocycles. The quantitative estimate of drug-likeness (QED) is 0.911. The summed E-state index contributed by atoms with van der Waals surface area (Å²) in [4.78, 5) is 19.8. The minimum atomic E-state index is -0.0795. The Bertz CT molecular complexity index is 596. The molecule has 0 saturated carbocycles. The topological polar surface area (TPSA) is 54.9 Å². The van der Waals surface area contributed by atoms with E-state index in [4.69, 9.17) is 0 Å². The zero-order chi connectivity index (χ0) is 13.1. The molecule has 0 bridgehead atoms. The highest BCUT2D eigenvalue weighted by atomic mass is 16.1. The molecule has 0 saturated heterocycles. The van der Waals surface area contributed by atoms with E-state index in [9.17, 15) is 4.79 Å². The van der Waals surface area contributed by atoms with E-state index >= 15 is 0 Å². The first-order chi connectivity index (χ1) is 9.31. The van der Waals surface area contributed by atoms with E-state index in [1.165, 1.54) is 24.0 Å². The maximum Gasteiger partial charge on any atom is 0.231 e. The second-order valence-electron chi connectivity index (χ2n) is 4.75.